The van der Waals surface area contributed by atoms with Gasteiger partial charge in [-0.2, -0.15) is 5.10 Å². The van der Waals surface area contributed by atoms with E-state index in [2.05, 4.69) is 21.0 Å². The first-order valence-corrected chi connectivity index (χ1v) is 7.73. The van der Waals surface area contributed by atoms with Crippen LogP contribution in [0.4, 0.5) is 0 Å². The zero-order valence-corrected chi connectivity index (χ0v) is 13.9. The molecule has 2 nitrogen and oxygen atoms in total. The number of alkyl halides is 1. The molecule has 0 N–H and O–H groups in total. The van der Waals surface area contributed by atoms with E-state index in [1.54, 1.807) is 0 Å². The summed E-state index contributed by atoms with van der Waals surface area (Å²) < 4.78 is 2.95. The van der Waals surface area contributed by atoms with E-state index in [9.17, 15) is 0 Å². The molecule has 0 bridgehead atoms. The van der Waals surface area contributed by atoms with Crippen LogP contribution in [-0.4, -0.2) is 15.7 Å². The third kappa shape index (κ3) is 3.15. The molecule has 0 fully saturated rings. The highest BCUT2D eigenvalue weighted by Gasteiger charge is 2.19. The van der Waals surface area contributed by atoms with Gasteiger partial charge in [0.2, 0.25) is 0 Å². The second-order valence-electron chi connectivity index (χ2n) is 4.55. The molecule has 5 heteroatoms. The average molecular weight is 362 g/mol. The van der Waals surface area contributed by atoms with Crippen molar-refractivity contribution in [3.05, 3.63) is 50.7 Å². The summed E-state index contributed by atoms with van der Waals surface area (Å²) in [6.07, 6.45) is 0.811. The summed E-state index contributed by atoms with van der Waals surface area (Å²) in [5.74, 6) is 0.710. The smallest absolute Gasteiger partial charge is 0.0738 e. The first kappa shape index (κ1) is 14.9. The van der Waals surface area contributed by atoms with Crippen LogP contribution in [0.2, 0.25) is 5.02 Å². The fourth-order valence-electron chi connectivity index (χ4n) is 2.19. The van der Waals surface area contributed by atoms with Crippen molar-refractivity contribution in [2.24, 2.45) is 7.05 Å². The molecule has 0 aliphatic heterocycles. The topological polar surface area (TPSA) is 17.8 Å². The molecule has 2 aromatic rings. The first-order chi connectivity index (χ1) is 9.04. The number of nitrogens with zero attached hydrogens (tertiary/aromatic N) is 2. The van der Waals surface area contributed by atoms with Crippen LogP contribution in [-0.2, 0) is 13.5 Å². The van der Waals surface area contributed by atoms with Crippen LogP contribution in [0.1, 0.15) is 22.9 Å². The summed E-state index contributed by atoms with van der Waals surface area (Å²) in [7, 11) is 1.95. The second kappa shape index (κ2) is 6.29. The molecule has 0 spiro atoms. The van der Waals surface area contributed by atoms with E-state index in [-0.39, 0.29) is 5.92 Å². The van der Waals surface area contributed by atoms with Crippen molar-refractivity contribution in [2.75, 3.05) is 5.88 Å². The van der Waals surface area contributed by atoms with Crippen molar-refractivity contribution in [3.63, 3.8) is 0 Å². The van der Waals surface area contributed by atoms with E-state index < -0.39 is 0 Å². The van der Waals surface area contributed by atoms with E-state index >= 15 is 0 Å². The maximum Gasteiger partial charge on any atom is 0.0738 e. The summed E-state index contributed by atoms with van der Waals surface area (Å²) in [6.45, 7) is 1.98. The number of hydrogen-bond donors (Lipinski definition) is 0. The first-order valence-electron chi connectivity index (χ1n) is 6.03. The zero-order valence-electron chi connectivity index (χ0n) is 10.8. The lowest BCUT2D eigenvalue weighted by Gasteiger charge is -2.16. The molecule has 0 aliphatic carbocycles. The van der Waals surface area contributed by atoms with Gasteiger partial charge in [0.05, 0.1) is 15.9 Å². The lowest BCUT2D eigenvalue weighted by atomic mass is 9.96. The highest BCUT2D eigenvalue weighted by molar-refractivity contribution is 9.10. The van der Waals surface area contributed by atoms with Gasteiger partial charge in [0.25, 0.3) is 0 Å². The fraction of sp³-hybridized carbons (Fsp3) is 0.357. The molecule has 0 aliphatic rings. The fourth-order valence-corrected chi connectivity index (χ4v) is 3.25. The maximum absolute atomic E-state index is 6.26. The van der Waals surface area contributed by atoms with Gasteiger partial charge in [0.15, 0.2) is 0 Å². The molecule has 0 radical (unpaired) electrons. The molecule has 1 atom stereocenters. The van der Waals surface area contributed by atoms with Gasteiger partial charge in [-0.1, -0.05) is 29.8 Å². The normalized spacial score (nSPS) is 12.7. The van der Waals surface area contributed by atoms with Crippen molar-refractivity contribution < 1.29 is 0 Å². The molecule has 0 saturated carbocycles. The van der Waals surface area contributed by atoms with Crippen molar-refractivity contribution in [1.29, 1.82) is 0 Å². The standard InChI is InChI=1S/C14H15BrCl2N2/c1-9-14(15)13(19(2)18-9)7-10(8-16)11-5-3-4-6-12(11)17/h3-6,10H,7-8H2,1-2H3. The molecule has 0 saturated heterocycles. The summed E-state index contributed by atoms with van der Waals surface area (Å²) in [4.78, 5) is 0. The number of hydrogen-bond acceptors (Lipinski definition) is 1. The van der Waals surface area contributed by atoms with E-state index in [1.807, 2.05) is 42.9 Å². The van der Waals surface area contributed by atoms with Crippen LogP contribution < -0.4 is 0 Å². The van der Waals surface area contributed by atoms with Gasteiger partial charge in [-0.05, 0) is 40.9 Å². The molecular weight excluding hydrogens is 347 g/mol. The van der Waals surface area contributed by atoms with Gasteiger partial charge in [0.1, 0.15) is 0 Å². The summed E-state index contributed by atoms with van der Waals surface area (Å²) in [5.41, 5.74) is 3.22. The summed E-state index contributed by atoms with van der Waals surface area (Å²) in [5, 5.41) is 5.17. The molecule has 2 rings (SSSR count). The minimum absolute atomic E-state index is 0.182. The van der Waals surface area contributed by atoms with Crippen molar-refractivity contribution >= 4 is 39.1 Å². The molecule has 1 aromatic carbocycles. The lowest BCUT2D eigenvalue weighted by molar-refractivity contribution is 0.656. The van der Waals surface area contributed by atoms with Gasteiger partial charge in [-0.25, -0.2) is 0 Å². The minimum Gasteiger partial charge on any atom is -0.271 e. The Morgan fingerprint density at radius 3 is 2.58 bits per heavy atom. The molecule has 19 heavy (non-hydrogen) atoms. The van der Waals surface area contributed by atoms with Gasteiger partial charge < -0.3 is 0 Å². The second-order valence-corrected chi connectivity index (χ2v) is 6.06. The van der Waals surface area contributed by atoms with Gasteiger partial charge in [-0.3, -0.25) is 4.68 Å². The zero-order chi connectivity index (χ0) is 14.0. The van der Waals surface area contributed by atoms with Crippen LogP contribution >= 0.6 is 39.1 Å². The Hall–Kier alpha value is -0.510. The highest BCUT2D eigenvalue weighted by Crippen LogP contribution is 2.31. The number of aromatic nitrogens is 2. The number of halogens is 3. The molecule has 102 valence electrons. The third-order valence-electron chi connectivity index (χ3n) is 3.23. The third-order valence-corrected chi connectivity index (χ3v) is 4.98. The van der Waals surface area contributed by atoms with Gasteiger partial charge >= 0.3 is 0 Å². The Morgan fingerprint density at radius 1 is 1.37 bits per heavy atom. The Kier molecular flexibility index (Phi) is 4.93. The van der Waals surface area contributed by atoms with Gasteiger partial charge in [-0.15, -0.1) is 11.6 Å². The van der Waals surface area contributed by atoms with Crippen LogP contribution in [0.25, 0.3) is 0 Å². The predicted octanol–water partition coefficient (Wildman–Crippen LogP) is 4.71. The van der Waals surface area contributed by atoms with Gasteiger partial charge in [0, 0.05) is 23.9 Å². The van der Waals surface area contributed by atoms with Crippen LogP contribution in [0, 0.1) is 6.92 Å². The van der Waals surface area contributed by atoms with E-state index in [0.717, 1.165) is 32.9 Å². The van der Waals surface area contributed by atoms with Crippen LogP contribution in [0.3, 0.4) is 0 Å². The van der Waals surface area contributed by atoms with E-state index in [1.165, 1.54) is 0 Å². The highest BCUT2D eigenvalue weighted by atomic mass is 79.9. The predicted molar refractivity (Wildman–Crippen MR) is 84.3 cm³/mol. The SMILES string of the molecule is Cc1nn(C)c(CC(CCl)c2ccccc2Cl)c1Br. The summed E-state index contributed by atoms with van der Waals surface area (Å²) in [6, 6.07) is 7.86. The van der Waals surface area contributed by atoms with Crippen LogP contribution in [0.5, 0.6) is 0 Å². The Balaban J connectivity index is 2.32. The largest absolute Gasteiger partial charge is 0.271 e. The number of rotatable bonds is 4. The molecule has 1 aromatic heterocycles. The average Bonchev–Trinajstić information content (AvgIpc) is 2.63. The Bertz CT molecular complexity index is 581. The molecule has 1 unspecified atom stereocenters. The summed E-state index contributed by atoms with van der Waals surface area (Å²) >= 11 is 16.0. The quantitative estimate of drug-likeness (QED) is 0.721. The van der Waals surface area contributed by atoms with E-state index in [0.29, 0.717) is 5.88 Å². The van der Waals surface area contributed by atoms with Crippen molar-refractivity contribution in [3.8, 4) is 0 Å². The maximum atomic E-state index is 6.26. The van der Waals surface area contributed by atoms with E-state index in [4.69, 9.17) is 23.2 Å². The monoisotopic (exact) mass is 360 g/mol. The number of benzene rings is 1. The molecule has 0 amide bonds. The van der Waals surface area contributed by atoms with Crippen LogP contribution in [0.15, 0.2) is 28.7 Å². The molecular formula is C14H15BrCl2N2. The van der Waals surface area contributed by atoms with Crippen molar-refractivity contribution in [1.82, 2.24) is 9.78 Å². The number of aryl methyl sites for hydroxylation is 2. The Labute approximate surface area is 131 Å². The van der Waals surface area contributed by atoms with Crippen molar-refractivity contribution in [2.45, 2.75) is 19.3 Å². The lowest BCUT2D eigenvalue weighted by Crippen LogP contribution is -2.09. The minimum atomic E-state index is 0.182. The molecule has 1 heterocycles. The Morgan fingerprint density at radius 2 is 2.05 bits per heavy atom.